The van der Waals surface area contributed by atoms with E-state index in [2.05, 4.69) is 23.7 Å². The molecule has 0 aromatic carbocycles. The summed E-state index contributed by atoms with van der Waals surface area (Å²) in [6, 6.07) is 0.414. The Bertz CT molecular complexity index is 491. The second kappa shape index (κ2) is 7.59. The van der Waals surface area contributed by atoms with Crippen molar-refractivity contribution in [3.63, 3.8) is 0 Å². The molecule has 5 nitrogen and oxygen atoms in total. The first-order chi connectivity index (χ1) is 10.1. The lowest BCUT2D eigenvalue weighted by Gasteiger charge is -2.34. The van der Waals surface area contributed by atoms with Gasteiger partial charge in [0.2, 0.25) is 0 Å². The van der Waals surface area contributed by atoms with Gasteiger partial charge in [-0.1, -0.05) is 33.1 Å². The van der Waals surface area contributed by atoms with Gasteiger partial charge in [-0.2, -0.15) is 0 Å². The molecule has 0 aliphatic heterocycles. The maximum Gasteiger partial charge on any atom is 0.293 e. The van der Waals surface area contributed by atoms with Gasteiger partial charge >= 0.3 is 0 Å². The van der Waals surface area contributed by atoms with E-state index < -0.39 is 0 Å². The van der Waals surface area contributed by atoms with Crippen molar-refractivity contribution in [1.82, 2.24) is 9.55 Å². The van der Waals surface area contributed by atoms with Crippen molar-refractivity contribution in [3.8, 4) is 0 Å². The normalized spacial score (nSPS) is 16.4. The first kappa shape index (κ1) is 16.0. The van der Waals surface area contributed by atoms with E-state index in [0.29, 0.717) is 30.9 Å². The van der Waals surface area contributed by atoms with Crippen LogP contribution >= 0.6 is 0 Å². The largest absolute Gasteiger partial charge is 0.348 e. The summed E-state index contributed by atoms with van der Waals surface area (Å²) in [6.45, 7) is 6.22. The van der Waals surface area contributed by atoms with Gasteiger partial charge in [0.25, 0.3) is 5.56 Å². The van der Waals surface area contributed by atoms with Crippen molar-refractivity contribution in [2.75, 3.05) is 18.0 Å². The van der Waals surface area contributed by atoms with E-state index in [1.807, 2.05) is 0 Å². The molecular weight excluding hydrogens is 264 g/mol. The minimum absolute atomic E-state index is 0.0187. The van der Waals surface area contributed by atoms with Crippen molar-refractivity contribution in [2.45, 2.75) is 58.5 Å². The zero-order valence-electron chi connectivity index (χ0n) is 13.3. The second-order valence-electron chi connectivity index (χ2n) is 6.38. The summed E-state index contributed by atoms with van der Waals surface area (Å²) in [5.41, 5.74) is 5.78. The predicted molar refractivity (Wildman–Crippen MR) is 86.6 cm³/mol. The van der Waals surface area contributed by atoms with Crippen LogP contribution in [0.15, 0.2) is 17.2 Å². The van der Waals surface area contributed by atoms with Crippen LogP contribution in [0.1, 0.15) is 46.0 Å². The first-order valence-corrected chi connectivity index (χ1v) is 8.15. The summed E-state index contributed by atoms with van der Waals surface area (Å²) in [6.07, 6.45) is 9.57. The minimum atomic E-state index is 0.0187. The Balaban J connectivity index is 2.29. The molecular formula is C16H28N4O. The Kier molecular flexibility index (Phi) is 5.79. The van der Waals surface area contributed by atoms with Crippen LogP contribution in [0.25, 0.3) is 0 Å². The average molecular weight is 292 g/mol. The van der Waals surface area contributed by atoms with Gasteiger partial charge in [-0.3, -0.25) is 4.79 Å². The van der Waals surface area contributed by atoms with E-state index in [0.717, 1.165) is 19.4 Å². The van der Waals surface area contributed by atoms with Crippen molar-refractivity contribution in [3.05, 3.63) is 22.7 Å². The number of anilines is 1. The van der Waals surface area contributed by atoms with Crippen LogP contribution in [0.5, 0.6) is 0 Å². The van der Waals surface area contributed by atoms with Crippen LogP contribution in [0.2, 0.25) is 0 Å². The van der Waals surface area contributed by atoms with Gasteiger partial charge in [0.05, 0.1) is 0 Å². The molecule has 0 unspecified atom stereocenters. The molecule has 1 aliphatic rings. The van der Waals surface area contributed by atoms with Gasteiger partial charge in [0.1, 0.15) is 0 Å². The second-order valence-corrected chi connectivity index (χ2v) is 6.38. The molecule has 1 aromatic heterocycles. The highest BCUT2D eigenvalue weighted by Crippen LogP contribution is 2.24. The van der Waals surface area contributed by atoms with Crippen molar-refractivity contribution < 1.29 is 0 Å². The molecule has 1 aliphatic carbocycles. The maximum atomic E-state index is 12.7. The van der Waals surface area contributed by atoms with Crippen molar-refractivity contribution in [1.29, 1.82) is 0 Å². The topological polar surface area (TPSA) is 64.2 Å². The highest BCUT2D eigenvalue weighted by atomic mass is 16.1. The summed E-state index contributed by atoms with van der Waals surface area (Å²) in [5.74, 6) is 1.02. The Labute approximate surface area is 127 Å². The molecule has 5 heteroatoms. The first-order valence-electron chi connectivity index (χ1n) is 8.15. The Morgan fingerprint density at radius 3 is 2.71 bits per heavy atom. The van der Waals surface area contributed by atoms with Gasteiger partial charge in [-0.05, 0) is 18.8 Å². The van der Waals surface area contributed by atoms with E-state index in [4.69, 9.17) is 5.73 Å². The SMILES string of the molecule is CC(C)Cn1ccnc(N(CCN)C2CCCCC2)c1=O. The van der Waals surface area contributed by atoms with Crippen molar-refractivity contribution >= 4 is 5.82 Å². The highest BCUT2D eigenvalue weighted by molar-refractivity contribution is 5.37. The average Bonchev–Trinajstić information content (AvgIpc) is 2.48. The quantitative estimate of drug-likeness (QED) is 0.871. The third-order valence-corrected chi connectivity index (χ3v) is 4.11. The predicted octanol–water partition coefficient (Wildman–Crippen LogP) is 2.00. The molecule has 1 saturated carbocycles. The molecule has 0 atom stereocenters. The van der Waals surface area contributed by atoms with Gasteiger partial charge in [0.15, 0.2) is 5.82 Å². The molecule has 0 bridgehead atoms. The van der Waals surface area contributed by atoms with Crippen molar-refractivity contribution in [2.24, 2.45) is 11.7 Å². The third-order valence-electron chi connectivity index (χ3n) is 4.11. The summed E-state index contributed by atoms with van der Waals surface area (Å²) in [4.78, 5) is 19.2. The molecule has 0 radical (unpaired) electrons. The summed E-state index contributed by atoms with van der Waals surface area (Å²) < 4.78 is 1.78. The standard InChI is InChI=1S/C16H28N4O/c1-13(2)12-19-11-9-18-15(16(19)21)20(10-8-17)14-6-4-3-5-7-14/h9,11,13-14H,3-8,10,12,17H2,1-2H3. The lowest BCUT2D eigenvalue weighted by molar-refractivity contribution is 0.411. The number of nitrogens with two attached hydrogens (primary N) is 1. The monoisotopic (exact) mass is 292 g/mol. The fourth-order valence-electron chi connectivity index (χ4n) is 3.16. The zero-order valence-corrected chi connectivity index (χ0v) is 13.3. The molecule has 21 heavy (non-hydrogen) atoms. The van der Waals surface area contributed by atoms with Crippen LogP contribution in [0.3, 0.4) is 0 Å². The fraction of sp³-hybridized carbons (Fsp3) is 0.750. The van der Waals surface area contributed by atoms with Crippen LogP contribution < -0.4 is 16.2 Å². The smallest absolute Gasteiger partial charge is 0.293 e. The molecule has 1 fully saturated rings. The van der Waals surface area contributed by atoms with Gasteiger partial charge in [-0.25, -0.2) is 4.98 Å². The molecule has 1 aromatic rings. The highest BCUT2D eigenvalue weighted by Gasteiger charge is 2.24. The molecule has 0 saturated heterocycles. The van der Waals surface area contributed by atoms with Crippen LogP contribution in [-0.4, -0.2) is 28.7 Å². The van der Waals surface area contributed by atoms with Gasteiger partial charge in [-0.15, -0.1) is 0 Å². The number of hydrogen-bond donors (Lipinski definition) is 1. The number of rotatable bonds is 6. The molecule has 2 rings (SSSR count). The summed E-state index contributed by atoms with van der Waals surface area (Å²) in [5, 5.41) is 0. The van der Waals surface area contributed by atoms with E-state index >= 15 is 0 Å². The molecule has 2 N–H and O–H groups in total. The molecule has 118 valence electrons. The van der Waals surface area contributed by atoms with Crippen LogP contribution in [0.4, 0.5) is 5.82 Å². The lowest BCUT2D eigenvalue weighted by Crippen LogP contribution is -2.44. The van der Waals surface area contributed by atoms with E-state index in [9.17, 15) is 4.79 Å². The molecule has 0 amide bonds. The maximum absolute atomic E-state index is 12.7. The minimum Gasteiger partial charge on any atom is -0.348 e. The Morgan fingerprint density at radius 2 is 2.10 bits per heavy atom. The summed E-state index contributed by atoms with van der Waals surface area (Å²) in [7, 11) is 0. The molecule has 1 heterocycles. The Hall–Kier alpha value is -1.36. The summed E-state index contributed by atoms with van der Waals surface area (Å²) >= 11 is 0. The van der Waals surface area contributed by atoms with Gasteiger partial charge in [0, 0.05) is 38.1 Å². The van der Waals surface area contributed by atoms with Gasteiger partial charge < -0.3 is 15.2 Å². The number of aromatic nitrogens is 2. The third kappa shape index (κ3) is 4.06. The zero-order chi connectivity index (χ0) is 15.2. The number of hydrogen-bond acceptors (Lipinski definition) is 4. The van der Waals surface area contributed by atoms with E-state index in [-0.39, 0.29) is 5.56 Å². The number of nitrogens with zero attached hydrogens (tertiary/aromatic N) is 3. The van der Waals surface area contributed by atoms with Crippen LogP contribution in [-0.2, 0) is 6.54 Å². The van der Waals surface area contributed by atoms with E-state index in [1.54, 1.807) is 17.0 Å². The van der Waals surface area contributed by atoms with Crippen LogP contribution in [0, 0.1) is 5.92 Å². The fourth-order valence-corrected chi connectivity index (χ4v) is 3.16. The molecule has 0 spiro atoms. The Morgan fingerprint density at radius 1 is 1.38 bits per heavy atom. The van der Waals surface area contributed by atoms with E-state index in [1.165, 1.54) is 19.3 Å². The lowest BCUT2D eigenvalue weighted by atomic mass is 9.94.